The first-order valence-corrected chi connectivity index (χ1v) is 8.80. The SMILES string of the molecule is Oc1c2cccc(O)c2c(O)c2c1sc1c(O)c3cccc(O)c3c(O)c12. The van der Waals surface area contributed by atoms with Crippen molar-refractivity contribution >= 4 is 53.1 Å². The molecule has 6 nitrogen and oxygen atoms in total. The lowest BCUT2D eigenvalue weighted by atomic mass is 9.99. The first-order valence-electron chi connectivity index (χ1n) is 7.99. The summed E-state index contributed by atoms with van der Waals surface area (Å²) in [6, 6.07) is 8.93. The molecule has 5 aromatic rings. The molecule has 1 aromatic heterocycles. The molecule has 0 spiro atoms. The van der Waals surface area contributed by atoms with Crippen molar-refractivity contribution in [3.63, 3.8) is 0 Å². The van der Waals surface area contributed by atoms with Crippen molar-refractivity contribution in [2.45, 2.75) is 0 Å². The zero-order valence-electron chi connectivity index (χ0n) is 13.6. The third kappa shape index (κ3) is 1.78. The Kier molecular flexibility index (Phi) is 2.89. The summed E-state index contributed by atoms with van der Waals surface area (Å²) in [6.07, 6.45) is 0. The van der Waals surface area contributed by atoms with Crippen LogP contribution in [-0.2, 0) is 0 Å². The molecular weight excluding hydrogens is 368 g/mol. The molecule has 0 fully saturated rings. The van der Waals surface area contributed by atoms with E-state index < -0.39 is 0 Å². The lowest BCUT2D eigenvalue weighted by molar-refractivity contribution is 0.461. The molecule has 0 saturated heterocycles. The minimum atomic E-state index is -0.327. The minimum Gasteiger partial charge on any atom is -0.507 e. The van der Waals surface area contributed by atoms with Crippen molar-refractivity contribution < 1.29 is 30.6 Å². The standard InChI is InChI=1S/C20H12O6S/c21-9-5-1-3-7-11(9)17(25)13-14-18(26)12-8(4-2-6-10(12)22)16(24)20(14)27-19(13)15(7)23/h1-6,21-26H. The summed E-state index contributed by atoms with van der Waals surface area (Å²) < 4.78 is 0.502. The smallest absolute Gasteiger partial charge is 0.141 e. The van der Waals surface area contributed by atoms with Crippen LogP contribution in [0.25, 0.3) is 41.7 Å². The summed E-state index contributed by atoms with van der Waals surface area (Å²) >= 11 is 1.00. The molecule has 0 radical (unpaired) electrons. The lowest BCUT2D eigenvalue weighted by Crippen LogP contribution is -1.81. The Morgan fingerprint density at radius 3 is 1.30 bits per heavy atom. The molecule has 0 unspecified atom stereocenters. The summed E-state index contributed by atoms with van der Waals surface area (Å²) in [7, 11) is 0. The van der Waals surface area contributed by atoms with Gasteiger partial charge in [0, 0.05) is 10.8 Å². The van der Waals surface area contributed by atoms with Crippen molar-refractivity contribution in [3.8, 4) is 34.5 Å². The van der Waals surface area contributed by atoms with E-state index in [0.717, 1.165) is 11.3 Å². The maximum atomic E-state index is 10.8. The van der Waals surface area contributed by atoms with Crippen LogP contribution in [0.4, 0.5) is 0 Å². The predicted octanol–water partition coefficient (Wildman–Crippen LogP) is 4.59. The molecular formula is C20H12O6S. The minimum absolute atomic E-state index is 0.0403. The van der Waals surface area contributed by atoms with E-state index in [1.165, 1.54) is 24.3 Å². The van der Waals surface area contributed by atoms with Gasteiger partial charge < -0.3 is 30.6 Å². The van der Waals surface area contributed by atoms with Crippen LogP contribution in [0.15, 0.2) is 36.4 Å². The molecule has 7 heteroatoms. The quantitative estimate of drug-likeness (QED) is 0.219. The number of phenolic OH excluding ortho intramolecular Hbond substituents is 6. The number of benzene rings is 4. The summed E-state index contributed by atoms with van der Waals surface area (Å²) in [5, 5.41) is 64.2. The summed E-state index contributed by atoms with van der Waals surface area (Å²) in [5.74, 6) is -1.47. The van der Waals surface area contributed by atoms with Gasteiger partial charge in [-0.3, -0.25) is 0 Å². The van der Waals surface area contributed by atoms with E-state index in [1.54, 1.807) is 12.1 Å². The zero-order valence-corrected chi connectivity index (χ0v) is 14.4. The second-order valence-corrected chi connectivity index (χ2v) is 7.32. The van der Waals surface area contributed by atoms with E-state index in [1.807, 2.05) is 0 Å². The van der Waals surface area contributed by atoms with Crippen molar-refractivity contribution in [1.29, 1.82) is 0 Å². The van der Waals surface area contributed by atoms with Gasteiger partial charge in [-0.15, -0.1) is 11.3 Å². The molecule has 6 N–H and O–H groups in total. The van der Waals surface area contributed by atoms with Crippen LogP contribution in [0.1, 0.15) is 0 Å². The molecule has 0 amide bonds. The number of hydrogen-bond acceptors (Lipinski definition) is 7. The van der Waals surface area contributed by atoms with Gasteiger partial charge in [0.05, 0.1) is 30.9 Å². The van der Waals surface area contributed by atoms with Gasteiger partial charge in [-0.2, -0.15) is 0 Å². The second-order valence-electron chi connectivity index (χ2n) is 6.30. The highest BCUT2D eigenvalue weighted by atomic mass is 32.1. The first-order chi connectivity index (χ1) is 12.9. The highest BCUT2D eigenvalue weighted by molar-refractivity contribution is 7.26. The number of thiophene rings is 1. The van der Waals surface area contributed by atoms with Gasteiger partial charge in [0.25, 0.3) is 0 Å². The Bertz CT molecular complexity index is 1330. The fourth-order valence-corrected chi connectivity index (χ4v) is 4.90. The molecule has 1 heterocycles. The molecule has 5 rings (SSSR count). The van der Waals surface area contributed by atoms with Crippen LogP contribution in [0.3, 0.4) is 0 Å². The number of fused-ring (bicyclic) bond motifs is 5. The highest BCUT2D eigenvalue weighted by Gasteiger charge is 2.25. The average molecular weight is 380 g/mol. The van der Waals surface area contributed by atoms with Gasteiger partial charge in [-0.25, -0.2) is 0 Å². The molecule has 0 aliphatic carbocycles. The van der Waals surface area contributed by atoms with Gasteiger partial charge in [0.1, 0.15) is 34.5 Å². The topological polar surface area (TPSA) is 121 Å². The van der Waals surface area contributed by atoms with Gasteiger partial charge in [0.15, 0.2) is 0 Å². The lowest BCUT2D eigenvalue weighted by Gasteiger charge is -2.10. The largest absolute Gasteiger partial charge is 0.507 e. The first kappa shape index (κ1) is 15.7. The zero-order chi connectivity index (χ0) is 19.0. The van der Waals surface area contributed by atoms with E-state index in [2.05, 4.69) is 0 Å². The van der Waals surface area contributed by atoms with Crippen LogP contribution in [0.5, 0.6) is 34.5 Å². The molecule has 0 aliphatic heterocycles. The van der Waals surface area contributed by atoms with Crippen LogP contribution >= 0.6 is 11.3 Å². The molecule has 0 saturated carbocycles. The van der Waals surface area contributed by atoms with Crippen LogP contribution in [-0.4, -0.2) is 30.6 Å². The van der Waals surface area contributed by atoms with E-state index in [0.29, 0.717) is 0 Å². The molecule has 27 heavy (non-hydrogen) atoms. The van der Waals surface area contributed by atoms with E-state index in [-0.39, 0.29) is 76.2 Å². The van der Waals surface area contributed by atoms with Crippen LogP contribution in [0.2, 0.25) is 0 Å². The Labute approximate surface area is 155 Å². The predicted molar refractivity (Wildman–Crippen MR) is 104 cm³/mol. The monoisotopic (exact) mass is 380 g/mol. The summed E-state index contributed by atoms with van der Waals surface area (Å²) in [5.41, 5.74) is 0. The average Bonchev–Trinajstić information content (AvgIpc) is 3.05. The normalized spacial score (nSPS) is 11.9. The van der Waals surface area contributed by atoms with Gasteiger partial charge >= 0.3 is 0 Å². The summed E-state index contributed by atoms with van der Waals surface area (Å²) in [6.45, 7) is 0. The Balaban J connectivity index is 2.18. The Morgan fingerprint density at radius 1 is 0.481 bits per heavy atom. The van der Waals surface area contributed by atoms with Gasteiger partial charge in [-0.1, -0.05) is 24.3 Å². The molecule has 0 aliphatic rings. The highest BCUT2D eigenvalue weighted by Crippen LogP contribution is 2.57. The second kappa shape index (κ2) is 4.99. The van der Waals surface area contributed by atoms with E-state index in [4.69, 9.17) is 0 Å². The fraction of sp³-hybridized carbons (Fsp3) is 0. The summed E-state index contributed by atoms with van der Waals surface area (Å²) in [4.78, 5) is 0. The third-order valence-corrected chi connectivity index (χ3v) is 6.08. The molecule has 0 atom stereocenters. The van der Waals surface area contributed by atoms with Crippen LogP contribution in [0, 0.1) is 0 Å². The number of aromatic hydroxyl groups is 6. The Hall–Kier alpha value is -3.58. The van der Waals surface area contributed by atoms with Crippen molar-refractivity contribution in [2.75, 3.05) is 0 Å². The maximum Gasteiger partial charge on any atom is 0.141 e. The third-order valence-electron chi connectivity index (χ3n) is 4.88. The number of rotatable bonds is 0. The van der Waals surface area contributed by atoms with Gasteiger partial charge in [0.2, 0.25) is 0 Å². The Morgan fingerprint density at radius 2 is 0.889 bits per heavy atom. The van der Waals surface area contributed by atoms with Gasteiger partial charge in [-0.05, 0) is 12.1 Å². The molecule has 0 bridgehead atoms. The van der Waals surface area contributed by atoms with Crippen molar-refractivity contribution in [3.05, 3.63) is 36.4 Å². The fourth-order valence-electron chi connectivity index (χ4n) is 3.68. The van der Waals surface area contributed by atoms with Crippen molar-refractivity contribution in [1.82, 2.24) is 0 Å². The number of phenols is 6. The molecule has 4 aromatic carbocycles. The van der Waals surface area contributed by atoms with Crippen LogP contribution < -0.4 is 0 Å². The van der Waals surface area contributed by atoms with Crippen molar-refractivity contribution in [2.24, 2.45) is 0 Å². The maximum absolute atomic E-state index is 10.8. The van der Waals surface area contributed by atoms with E-state index >= 15 is 0 Å². The van der Waals surface area contributed by atoms with E-state index in [9.17, 15) is 30.6 Å². The molecule has 134 valence electrons. The number of hydrogen-bond donors (Lipinski definition) is 6.